The highest BCUT2D eigenvalue weighted by Crippen LogP contribution is 2.24. The molecule has 114 valence electrons. The van der Waals surface area contributed by atoms with E-state index in [1.807, 2.05) is 18.7 Å². The fraction of sp³-hybridized carbons (Fsp3) is 0.769. The summed E-state index contributed by atoms with van der Waals surface area (Å²) >= 11 is 1.81. The Balaban J connectivity index is 2.45. The van der Waals surface area contributed by atoms with Gasteiger partial charge in [-0.2, -0.15) is 11.8 Å². The molecule has 6 nitrogen and oxygen atoms in total. The van der Waals surface area contributed by atoms with Crippen LogP contribution >= 0.6 is 11.8 Å². The third kappa shape index (κ3) is 5.03. The van der Waals surface area contributed by atoms with Crippen LogP contribution in [0.25, 0.3) is 0 Å². The van der Waals surface area contributed by atoms with Gasteiger partial charge < -0.3 is 10.0 Å². The molecule has 1 fully saturated rings. The molecule has 2 N–H and O–H groups in total. The fourth-order valence-corrected chi connectivity index (χ4v) is 3.25. The lowest BCUT2D eigenvalue weighted by atomic mass is 10.0. The van der Waals surface area contributed by atoms with Gasteiger partial charge in [0.05, 0.1) is 0 Å². The fourth-order valence-electron chi connectivity index (χ4n) is 2.15. The van der Waals surface area contributed by atoms with Crippen molar-refractivity contribution >= 4 is 29.7 Å². The van der Waals surface area contributed by atoms with Gasteiger partial charge >= 0.3 is 12.0 Å². The summed E-state index contributed by atoms with van der Waals surface area (Å²) in [6.07, 6.45) is -0.0278. The van der Waals surface area contributed by atoms with E-state index in [1.165, 1.54) is 0 Å². The number of imide groups is 1. The number of nitrogens with one attached hydrogen (secondary N) is 1. The maximum absolute atomic E-state index is 12.0. The Hall–Kier alpha value is -1.24. The molecule has 0 bridgehead atoms. The molecule has 0 radical (unpaired) electrons. The number of carboxylic acids is 1. The highest BCUT2D eigenvalue weighted by Gasteiger charge is 2.29. The van der Waals surface area contributed by atoms with E-state index in [1.54, 1.807) is 11.8 Å². The van der Waals surface area contributed by atoms with Gasteiger partial charge in [-0.1, -0.05) is 13.8 Å². The summed E-state index contributed by atoms with van der Waals surface area (Å²) in [4.78, 5) is 36.0. The molecule has 1 aliphatic heterocycles. The summed E-state index contributed by atoms with van der Waals surface area (Å²) in [7, 11) is 0. The summed E-state index contributed by atoms with van der Waals surface area (Å²) in [6, 6.07) is -0.296. The molecular weight excluding hydrogens is 280 g/mol. The van der Waals surface area contributed by atoms with Crippen LogP contribution in [0, 0.1) is 5.92 Å². The van der Waals surface area contributed by atoms with E-state index in [4.69, 9.17) is 5.11 Å². The van der Waals surface area contributed by atoms with E-state index < -0.39 is 11.9 Å². The number of urea groups is 1. The molecule has 20 heavy (non-hydrogen) atoms. The smallest absolute Gasteiger partial charge is 0.324 e. The molecular formula is C13H22N2O4S. The molecule has 0 spiro atoms. The van der Waals surface area contributed by atoms with Crippen molar-refractivity contribution in [3.63, 3.8) is 0 Å². The zero-order valence-corrected chi connectivity index (χ0v) is 12.9. The topological polar surface area (TPSA) is 86.7 Å². The highest BCUT2D eigenvalue weighted by atomic mass is 32.2. The Morgan fingerprint density at radius 3 is 2.60 bits per heavy atom. The minimum atomic E-state index is -0.938. The number of hydrogen-bond donors (Lipinski definition) is 2. The van der Waals surface area contributed by atoms with Crippen molar-refractivity contribution in [1.29, 1.82) is 0 Å². The first kappa shape index (κ1) is 16.8. The summed E-state index contributed by atoms with van der Waals surface area (Å²) < 4.78 is 0. The van der Waals surface area contributed by atoms with Crippen LogP contribution in [-0.2, 0) is 9.59 Å². The minimum absolute atomic E-state index is 0.0462. The predicted molar refractivity (Wildman–Crippen MR) is 77.7 cm³/mol. The van der Waals surface area contributed by atoms with Gasteiger partial charge in [0, 0.05) is 36.4 Å². The lowest BCUT2D eigenvalue weighted by molar-refractivity contribution is -0.138. The Kier molecular flexibility index (Phi) is 6.32. The SMILES string of the molecule is CC(CC(=O)O)CC(=O)NC(=O)N1CCSC(C)C1C. The zero-order valence-electron chi connectivity index (χ0n) is 12.1. The number of carbonyl (C=O) groups is 3. The van der Waals surface area contributed by atoms with E-state index in [0.717, 1.165) is 5.75 Å². The Morgan fingerprint density at radius 2 is 2.00 bits per heavy atom. The number of nitrogens with zero attached hydrogens (tertiary/aromatic N) is 1. The van der Waals surface area contributed by atoms with Crippen molar-refractivity contribution in [3.05, 3.63) is 0 Å². The monoisotopic (exact) mass is 302 g/mol. The van der Waals surface area contributed by atoms with Gasteiger partial charge in [-0.25, -0.2) is 4.79 Å². The van der Waals surface area contributed by atoms with Crippen LogP contribution in [0.15, 0.2) is 0 Å². The number of rotatable bonds is 4. The molecule has 0 saturated carbocycles. The van der Waals surface area contributed by atoms with E-state index >= 15 is 0 Å². The van der Waals surface area contributed by atoms with Crippen LogP contribution in [0.4, 0.5) is 4.79 Å². The third-order valence-corrected chi connectivity index (χ3v) is 4.79. The molecule has 0 aliphatic carbocycles. The van der Waals surface area contributed by atoms with Crippen molar-refractivity contribution in [2.24, 2.45) is 5.92 Å². The lowest BCUT2D eigenvalue weighted by Crippen LogP contribution is -2.53. The van der Waals surface area contributed by atoms with E-state index in [-0.39, 0.29) is 30.8 Å². The van der Waals surface area contributed by atoms with Crippen LogP contribution < -0.4 is 5.32 Å². The van der Waals surface area contributed by atoms with Gasteiger partial charge in [0.25, 0.3) is 0 Å². The number of carbonyl (C=O) groups excluding carboxylic acids is 2. The standard InChI is InChI=1S/C13H22N2O4S/c1-8(7-12(17)18)6-11(16)14-13(19)15-4-5-20-10(3)9(15)2/h8-10H,4-7H2,1-3H3,(H,17,18)(H,14,16,19). The average Bonchev–Trinajstić information content (AvgIpc) is 2.30. The first-order chi connectivity index (χ1) is 9.31. The van der Waals surface area contributed by atoms with Crippen molar-refractivity contribution in [1.82, 2.24) is 10.2 Å². The molecule has 1 rings (SSSR count). The molecule has 0 aromatic carbocycles. The van der Waals surface area contributed by atoms with Crippen LogP contribution in [0.3, 0.4) is 0 Å². The van der Waals surface area contributed by atoms with Crippen molar-refractivity contribution in [2.45, 2.75) is 44.9 Å². The van der Waals surface area contributed by atoms with Crippen molar-refractivity contribution < 1.29 is 19.5 Å². The van der Waals surface area contributed by atoms with Crippen molar-refractivity contribution in [3.8, 4) is 0 Å². The van der Waals surface area contributed by atoms with E-state index in [9.17, 15) is 14.4 Å². The summed E-state index contributed by atoms with van der Waals surface area (Å²) in [6.45, 7) is 6.33. The molecule has 7 heteroatoms. The Labute approximate surface area is 123 Å². The molecule has 0 aromatic rings. The van der Waals surface area contributed by atoms with Gasteiger partial charge in [0.1, 0.15) is 0 Å². The maximum Gasteiger partial charge on any atom is 0.324 e. The van der Waals surface area contributed by atoms with E-state index in [0.29, 0.717) is 11.8 Å². The summed E-state index contributed by atoms with van der Waals surface area (Å²) in [5.74, 6) is -0.773. The van der Waals surface area contributed by atoms with Crippen molar-refractivity contribution in [2.75, 3.05) is 12.3 Å². The number of amides is 3. The number of aliphatic carboxylic acids is 1. The van der Waals surface area contributed by atoms with Crippen LogP contribution in [-0.4, -0.2) is 51.5 Å². The summed E-state index contributed by atoms with van der Waals surface area (Å²) in [5, 5.41) is 11.3. The third-order valence-electron chi connectivity index (χ3n) is 3.45. The predicted octanol–water partition coefficient (Wildman–Crippen LogP) is 1.55. The molecule has 1 saturated heterocycles. The van der Waals surface area contributed by atoms with Gasteiger partial charge in [-0.3, -0.25) is 14.9 Å². The first-order valence-corrected chi connectivity index (χ1v) is 7.80. The Morgan fingerprint density at radius 1 is 1.35 bits per heavy atom. The van der Waals surface area contributed by atoms with Crippen LogP contribution in [0.1, 0.15) is 33.6 Å². The van der Waals surface area contributed by atoms with Gasteiger partial charge in [-0.05, 0) is 12.8 Å². The summed E-state index contributed by atoms with van der Waals surface area (Å²) in [5.41, 5.74) is 0. The second kappa shape index (κ2) is 7.52. The lowest BCUT2D eigenvalue weighted by Gasteiger charge is -2.37. The highest BCUT2D eigenvalue weighted by molar-refractivity contribution is 8.00. The molecule has 0 aromatic heterocycles. The number of hydrogen-bond acceptors (Lipinski definition) is 4. The average molecular weight is 302 g/mol. The normalized spacial score (nSPS) is 24.1. The van der Waals surface area contributed by atoms with Crippen LogP contribution in [0.2, 0.25) is 0 Å². The van der Waals surface area contributed by atoms with E-state index in [2.05, 4.69) is 12.2 Å². The second-order valence-electron chi connectivity index (χ2n) is 5.27. The molecule has 1 aliphatic rings. The zero-order chi connectivity index (χ0) is 15.3. The number of carboxylic acid groups (broad SMARTS) is 1. The minimum Gasteiger partial charge on any atom is -0.481 e. The molecule has 1 heterocycles. The number of thioether (sulfide) groups is 1. The Bertz CT molecular complexity index is 389. The maximum atomic E-state index is 12.0. The molecule has 3 amide bonds. The second-order valence-corrected chi connectivity index (χ2v) is 6.76. The molecule has 3 unspecified atom stereocenters. The molecule has 3 atom stereocenters. The van der Waals surface area contributed by atoms with Gasteiger partial charge in [-0.15, -0.1) is 0 Å². The van der Waals surface area contributed by atoms with Gasteiger partial charge in [0.2, 0.25) is 5.91 Å². The largest absolute Gasteiger partial charge is 0.481 e. The van der Waals surface area contributed by atoms with Gasteiger partial charge in [0.15, 0.2) is 0 Å². The quantitative estimate of drug-likeness (QED) is 0.823. The first-order valence-electron chi connectivity index (χ1n) is 6.75. The van der Waals surface area contributed by atoms with Crippen LogP contribution in [0.5, 0.6) is 0 Å².